The van der Waals surface area contributed by atoms with E-state index >= 15 is 0 Å². The number of aromatic nitrogens is 1. The molecule has 0 fully saturated rings. The molecule has 0 radical (unpaired) electrons. The highest BCUT2D eigenvalue weighted by Crippen LogP contribution is 2.39. The van der Waals surface area contributed by atoms with Crippen molar-refractivity contribution in [2.75, 3.05) is 13.7 Å². The number of hydrogen-bond donors (Lipinski definition) is 0. The smallest absolute Gasteiger partial charge is 0.494 e. The van der Waals surface area contributed by atoms with Crippen molar-refractivity contribution in [3.63, 3.8) is 0 Å². The van der Waals surface area contributed by atoms with Crippen molar-refractivity contribution in [2.45, 2.75) is 25.9 Å². The third kappa shape index (κ3) is 5.49. The normalized spacial score (nSPS) is 12.0. The van der Waals surface area contributed by atoms with Gasteiger partial charge in [-0.05, 0) is 6.92 Å². The number of hydrogen-bond acceptors (Lipinski definition) is 5. The minimum absolute atomic E-state index is 0.0513. The van der Waals surface area contributed by atoms with Crippen LogP contribution in [0.2, 0.25) is 0 Å². The molecule has 0 aliphatic carbocycles. The Morgan fingerprint density at radius 2 is 1.83 bits per heavy atom. The van der Waals surface area contributed by atoms with Crippen molar-refractivity contribution in [3.05, 3.63) is 17.3 Å². The molecule has 11 heteroatoms. The van der Waals surface area contributed by atoms with Gasteiger partial charge >= 0.3 is 18.5 Å². The summed E-state index contributed by atoms with van der Waals surface area (Å²) in [6.07, 6.45) is -11.1. The third-order valence-corrected chi connectivity index (χ3v) is 2.36. The zero-order chi connectivity index (χ0) is 17.8. The molecule has 1 rings (SSSR count). The van der Waals surface area contributed by atoms with E-state index in [1.54, 1.807) is 0 Å². The van der Waals surface area contributed by atoms with Crippen molar-refractivity contribution in [3.8, 4) is 11.6 Å². The van der Waals surface area contributed by atoms with Gasteiger partial charge < -0.3 is 14.2 Å². The number of carbonyl (C=O) groups excluding carboxylic acids is 1. The summed E-state index contributed by atoms with van der Waals surface area (Å²) in [5.41, 5.74) is -2.23. The van der Waals surface area contributed by atoms with Crippen molar-refractivity contribution < 1.29 is 45.3 Å². The highest BCUT2D eigenvalue weighted by Gasteiger charge is 2.40. The lowest BCUT2D eigenvalue weighted by atomic mass is 10.1. The average Bonchev–Trinajstić information content (AvgIpc) is 2.35. The monoisotopic (exact) mass is 347 g/mol. The van der Waals surface area contributed by atoms with Gasteiger partial charge in [0.1, 0.15) is 0 Å². The zero-order valence-corrected chi connectivity index (χ0v) is 11.8. The van der Waals surface area contributed by atoms with E-state index < -0.39 is 47.8 Å². The summed E-state index contributed by atoms with van der Waals surface area (Å²) >= 11 is 0. The Morgan fingerprint density at radius 3 is 2.26 bits per heavy atom. The van der Waals surface area contributed by atoms with Gasteiger partial charge in [0.05, 0.1) is 20.1 Å². The van der Waals surface area contributed by atoms with E-state index in [4.69, 9.17) is 0 Å². The second-order valence-electron chi connectivity index (χ2n) is 4.03. The van der Waals surface area contributed by atoms with Crippen LogP contribution in [0.25, 0.3) is 0 Å². The molecular weight excluding hydrogens is 336 g/mol. The summed E-state index contributed by atoms with van der Waals surface area (Å²) in [7, 11) is 0.866. The molecule has 0 N–H and O–H groups in total. The minimum atomic E-state index is -5.24. The van der Waals surface area contributed by atoms with Crippen LogP contribution in [0.15, 0.2) is 6.07 Å². The van der Waals surface area contributed by atoms with E-state index in [9.17, 15) is 31.1 Å². The van der Waals surface area contributed by atoms with Gasteiger partial charge in [0.15, 0.2) is 11.4 Å². The van der Waals surface area contributed by atoms with E-state index in [0.29, 0.717) is 6.07 Å². The average molecular weight is 347 g/mol. The zero-order valence-electron chi connectivity index (χ0n) is 11.8. The molecule has 0 aliphatic heterocycles. The lowest BCUT2D eigenvalue weighted by molar-refractivity contribution is -0.276. The van der Waals surface area contributed by atoms with E-state index in [-0.39, 0.29) is 6.61 Å². The van der Waals surface area contributed by atoms with Gasteiger partial charge in [0.2, 0.25) is 5.88 Å². The van der Waals surface area contributed by atoms with Crippen LogP contribution in [0.1, 0.15) is 18.2 Å². The van der Waals surface area contributed by atoms with Crippen LogP contribution >= 0.6 is 0 Å². The SMILES string of the molecule is CCOC(=O)Cc1cc(OC(F)(F)F)nc(C(F)(F)F)c1OC. The van der Waals surface area contributed by atoms with Crippen molar-refractivity contribution in [2.24, 2.45) is 0 Å². The molecule has 5 nitrogen and oxygen atoms in total. The number of pyridine rings is 1. The van der Waals surface area contributed by atoms with Crippen LogP contribution in [0.3, 0.4) is 0 Å². The molecule has 1 aromatic heterocycles. The van der Waals surface area contributed by atoms with Crippen LogP contribution in [-0.2, 0) is 22.1 Å². The lowest BCUT2D eigenvalue weighted by Crippen LogP contribution is -2.21. The summed E-state index contributed by atoms with van der Waals surface area (Å²) < 4.78 is 87.8. The molecule has 0 saturated heterocycles. The van der Waals surface area contributed by atoms with E-state index in [2.05, 4.69) is 19.2 Å². The molecule has 0 saturated carbocycles. The van der Waals surface area contributed by atoms with Crippen LogP contribution < -0.4 is 9.47 Å². The maximum Gasteiger partial charge on any atom is 0.574 e. The topological polar surface area (TPSA) is 57.7 Å². The van der Waals surface area contributed by atoms with Gasteiger partial charge in [-0.3, -0.25) is 4.79 Å². The summed E-state index contributed by atoms with van der Waals surface area (Å²) in [5.74, 6) is -3.17. The Balaban J connectivity index is 3.39. The van der Waals surface area contributed by atoms with Crippen molar-refractivity contribution in [1.82, 2.24) is 4.98 Å². The van der Waals surface area contributed by atoms with Crippen LogP contribution in [0.5, 0.6) is 11.6 Å². The highest BCUT2D eigenvalue weighted by atomic mass is 19.4. The fourth-order valence-corrected chi connectivity index (χ4v) is 1.65. The maximum absolute atomic E-state index is 12.9. The number of carbonyl (C=O) groups is 1. The number of esters is 1. The molecular formula is C12H11F6NO4. The summed E-state index contributed by atoms with van der Waals surface area (Å²) in [5, 5.41) is 0. The van der Waals surface area contributed by atoms with Crippen LogP contribution in [0.4, 0.5) is 26.3 Å². The first-order valence-corrected chi connectivity index (χ1v) is 6.04. The number of halogens is 6. The van der Waals surface area contributed by atoms with Gasteiger partial charge in [-0.1, -0.05) is 0 Å². The quantitative estimate of drug-likeness (QED) is 0.605. The van der Waals surface area contributed by atoms with Crippen LogP contribution in [-0.4, -0.2) is 31.0 Å². The molecule has 0 bridgehead atoms. The first-order valence-electron chi connectivity index (χ1n) is 6.04. The molecule has 0 spiro atoms. The van der Waals surface area contributed by atoms with Gasteiger partial charge in [0.25, 0.3) is 0 Å². The van der Waals surface area contributed by atoms with Gasteiger partial charge in [-0.25, -0.2) is 4.98 Å². The molecule has 130 valence electrons. The van der Waals surface area contributed by atoms with E-state index in [1.807, 2.05) is 0 Å². The molecule has 0 amide bonds. The second kappa shape index (κ2) is 6.92. The largest absolute Gasteiger partial charge is 0.574 e. The summed E-state index contributed by atoms with van der Waals surface area (Å²) in [4.78, 5) is 14.2. The molecule has 0 unspecified atom stereocenters. The fraction of sp³-hybridized carbons (Fsp3) is 0.500. The summed E-state index contributed by atoms with van der Waals surface area (Å²) in [6, 6.07) is 0.540. The number of alkyl halides is 6. The van der Waals surface area contributed by atoms with E-state index in [0.717, 1.165) is 7.11 Å². The number of rotatable bonds is 5. The number of nitrogens with zero attached hydrogens (tertiary/aromatic N) is 1. The second-order valence-corrected chi connectivity index (χ2v) is 4.03. The Kier molecular flexibility index (Phi) is 5.67. The molecule has 0 atom stereocenters. The maximum atomic E-state index is 12.9. The first kappa shape index (κ1) is 18.8. The van der Waals surface area contributed by atoms with Crippen molar-refractivity contribution in [1.29, 1.82) is 0 Å². The predicted octanol–water partition coefficient (Wildman–Crippen LogP) is 3.11. The standard InChI is InChI=1S/C12H11F6NO4/c1-3-22-8(20)5-6-4-7(23-12(16,17)18)19-10(9(6)21-2)11(13,14)15/h4H,3,5H2,1-2H3. The van der Waals surface area contributed by atoms with Crippen molar-refractivity contribution >= 4 is 5.97 Å². The number of ether oxygens (including phenoxy) is 3. The molecule has 0 aromatic carbocycles. The Bertz CT molecular complexity index is 570. The first-order chi connectivity index (χ1) is 10.5. The molecule has 1 heterocycles. The molecule has 0 aliphatic rings. The van der Waals surface area contributed by atoms with Gasteiger partial charge in [0, 0.05) is 11.6 Å². The minimum Gasteiger partial charge on any atom is -0.494 e. The Labute approximate surface area is 126 Å². The Hall–Kier alpha value is -2.20. The third-order valence-electron chi connectivity index (χ3n) is 2.36. The van der Waals surface area contributed by atoms with Gasteiger partial charge in [-0.2, -0.15) is 13.2 Å². The van der Waals surface area contributed by atoms with Gasteiger partial charge in [-0.15, -0.1) is 13.2 Å². The number of methoxy groups -OCH3 is 1. The van der Waals surface area contributed by atoms with E-state index in [1.165, 1.54) is 6.92 Å². The van der Waals surface area contributed by atoms with Crippen LogP contribution in [0, 0.1) is 0 Å². The molecule has 1 aromatic rings. The lowest BCUT2D eigenvalue weighted by Gasteiger charge is -2.17. The highest BCUT2D eigenvalue weighted by molar-refractivity contribution is 5.74. The predicted molar refractivity (Wildman–Crippen MR) is 62.8 cm³/mol. The Morgan fingerprint density at radius 1 is 1.22 bits per heavy atom. The fourth-order valence-electron chi connectivity index (χ4n) is 1.65. The molecule has 23 heavy (non-hydrogen) atoms. The summed E-state index contributed by atoms with van der Waals surface area (Å²) in [6.45, 7) is 1.41.